The molecule has 0 aliphatic carbocycles. The van der Waals surface area contributed by atoms with Crippen LogP contribution in [0.15, 0.2) is 42.0 Å². The number of imidazole rings is 1. The first-order chi connectivity index (χ1) is 12.7. The molecule has 3 aromatic rings. The highest BCUT2D eigenvalue weighted by Crippen LogP contribution is 2.20. The number of piperazine rings is 1. The quantitative estimate of drug-likeness (QED) is 0.707. The van der Waals surface area contributed by atoms with Crippen molar-refractivity contribution in [1.29, 1.82) is 0 Å². The van der Waals surface area contributed by atoms with E-state index in [0.717, 1.165) is 4.96 Å². The van der Waals surface area contributed by atoms with Crippen molar-refractivity contribution in [2.24, 2.45) is 0 Å². The van der Waals surface area contributed by atoms with Crippen molar-refractivity contribution in [2.75, 3.05) is 33.3 Å². The predicted octanol–water partition coefficient (Wildman–Crippen LogP) is 2.00. The van der Waals surface area contributed by atoms with Crippen molar-refractivity contribution >= 4 is 28.1 Å². The van der Waals surface area contributed by atoms with E-state index in [1.165, 1.54) is 11.3 Å². The Morgan fingerprint density at radius 3 is 2.46 bits per heavy atom. The zero-order valence-corrected chi connectivity index (χ0v) is 15.1. The maximum absolute atomic E-state index is 12.7. The van der Waals surface area contributed by atoms with Crippen molar-refractivity contribution in [2.45, 2.75) is 0 Å². The molecule has 1 fully saturated rings. The number of nitrogens with zero attached hydrogens (tertiary/aromatic N) is 4. The number of para-hydroxylation sites is 1. The normalized spacial score (nSPS) is 14.7. The first kappa shape index (κ1) is 16.6. The Hall–Kier alpha value is -2.87. The number of carbonyl (C=O) groups is 2. The third-order valence-electron chi connectivity index (χ3n) is 4.50. The van der Waals surface area contributed by atoms with Crippen molar-refractivity contribution in [1.82, 2.24) is 19.2 Å². The number of ether oxygens (including phenoxy) is 1. The summed E-state index contributed by atoms with van der Waals surface area (Å²) < 4.78 is 7.12. The average molecular weight is 370 g/mol. The molecule has 2 aromatic heterocycles. The van der Waals surface area contributed by atoms with Crippen LogP contribution in [0.3, 0.4) is 0 Å². The van der Waals surface area contributed by atoms with E-state index in [2.05, 4.69) is 4.98 Å². The number of carbonyl (C=O) groups excluding carboxylic acids is 2. The van der Waals surface area contributed by atoms with Gasteiger partial charge in [-0.25, -0.2) is 4.98 Å². The monoisotopic (exact) mass is 370 g/mol. The molecule has 1 aliphatic rings. The summed E-state index contributed by atoms with van der Waals surface area (Å²) in [6.45, 7) is 1.96. The standard InChI is InChI=1S/C18H18N4O3S/c1-25-15-5-3-2-4-13(15)16(23)20-6-8-21(9-7-20)17(24)14-12-22-10-11-26-18(22)19-14/h2-5,10-12H,6-9H2,1H3. The number of rotatable bonds is 3. The van der Waals surface area contributed by atoms with Crippen LogP contribution in [0.5, 0.6) is 5.75 Å². The second kappa shape index (κ2) is 6.80. The molecule has 7 nitrogen and oxygen atoms in total. The maximum atomic E-state index is 12.7. The minimum Gasteiger partial charge on any atom is -0.496 e. The van der Waals surface area contributed by atoms with Gasteiger partial charge in [0.25, 0.3) is 11.8 Å². The number of thiazole rings is 1. The van der Waals surface area contributed by atoms with Gasteiger partial charge in [0.2, 0.25) is 0 Å². The molecule has 0 spiro atoms. The molecule has 2 amide bonds. The van der Waals surface area contributed by atoms with Crippen LogP contribution in [0.4, 0.5) is 0 Å². The lowest BCUT2D eigenvalue weighted by atomic mass is 10.1. The zero-order chi connectivity index (χ0) is 18.1. The summed E-state index contributed by atoms with van der Waals surface area (Å²) in [5, 5.41) is 1.93. The highest BCUT2D eigenvalue weighted by atomic mass is 32.1. The number of methoxy groups -OCH3 is 1. The van der Waals surface area contributed by atoms with Gasteiger partial charge in [-0.2, -0.15) is 0 Å². The lowest BCUT2D eigenvalue weighted by Crippen LogP contribution is -2.50. The Morgan fingerprint density at radius 2 is 1.77 bits per heavy atom. The van der Waals surface area contributed by atoms with E-state index in [0.29, 0.717) is 43.2 Å². The second-order valence-corrected chi connectivity index (χ2v) is 6.88. The molecule has 0 saturated carbocycles. The summed E-state index contributed by atoms with van der Waals surface area (Å²) >= 11 is 1.49. The molecule has 4 rings (SSSR count). The third kappa shape index (κ3) is 2.92. The van der Waals surface area contributed by atoms with E-state index >= 15 is 0 Å². The minimum atomic E-state index is -0.0923. The Kier molecular flexibility index (Phi) is 4.34. The van der Waals surface area contributed by atoms with Gasteiger partial charge < -0.3 is 14.5 Å². The van der Waals surface area contributed by atoms with Gasteiger partial charge in [-0.3, -0.25) is 14.0 Å². The number of aromatic nitrogens is 2. The Bertz CT molecular complexity index is 928. The summed E-state index contributed by atoms with van der Waals surface area (Å²) in [5.41, 5.74) is 0.991. The van der Waals surface area contributed by atoms with Gasteiger partial charge in [0, 0.05) is 44.0 Å². The van der Waals surface area contributed by atoms with E-state index in [1.807, 2.05) is 28.1 Å². The molecule has 8 heteroatoms. The average Bonchev–Trinajstić information content (AvgIpc) is 3.29. The lowest BCUT2D eigenvalue weighted by molar-refractivity contribution is 0.0531. The van der Waals surface area contributed by atoms with E-state index in [1.54, 1.807) is 35.2 Å². The fraction of sp³-hybridized carbons (Fsp3) is 0.278. The number of fused-ring (bicyclic) bond motifs is 1. The Balaban J connectivity index is 1.42. The predicted molar refractivity (Wildman–Crippen MR) is 97.9 cm³/mol. The maximum Gasteiger partial charge on any atom is 0.274 e. The molecular weight excluding hydrogens is 352 g/mol. The van der Waals surface area contributed by atoms with Gasteiger partial charge in [-0.05, 0) is 12.1 Å². The lowest BCUT2D eigenvalue weighted by Gasteiger charge is -2.34. The summed E-state index contributed by atoms with van der Waals surface area (Å²) in [7, 11) is 1.55. The van der Waals surface area contributed by atoms with Crippen LogP contribution in [-0.2, 0) is 0 Å². The largest absolute Gasteiger partial charge is 0.496 e. The first-order valence-electron chi connectivity index (χ1n) is 8.31. The molecule has 1 saturated heterocycles. The smallest absolute Gasteiger partial charge is 0.274 e. The Labute approximate surface area is 154 Å². The highest BCUT2D eigenvalue weighted by molar-refractivity contribution is 7.15. The number of amides is 2. The van der Waals surface area contributed by atoms with Crippen molar-refractivity contribution < 1.29 is 14.3 Å². The molecule has 0 bridgehead atoms. The molecule has 134 valence electrons. The number of hydrogen-bond acceptors (Lipinski definition) is 5. The van der Waals surface area contributed by atoms with Gasteiger partial charge in [-0.15, -0.1) is 11.3 Å². The summed E-state index contributed by atoms with van der Waals surface area (Å²) in [6, 6.07) is 7.19. The zero-order valence-electron chi connectivity index (χ0n) is 14.3. The first-order valence-corrected chi connectivity index (χ1v) is 9.19. The van der Waals surface area contributed by atoms with Crippen LogP contribution in [0.2, 0.25) is 0 Å². The van der Waals surface area contributed by atoms with Crippen LogP contribution >= 0.6 is 11.3 Å². The summed E-state index contributed by atoms with van der Waals surface area (Å²) in [5.74, 6) is 0.399. The van der Waals surface area contributed by atoms with Crippen LogP contribution in [0, 0.1) is 0 Å². The van der Waals surface area contributed by atoms with E-state index in [-0.39, 0.29) is 11.8 Å². The summed E-state index contributed by atoms with van der Waals surface area (Å²) in [4.78, 5) is 34.1. The third-order valence-corrected chi connectivity index (χ3v) is 5.27. The minimum absolute atomic E-state index is 0.0722. The molecule has 1 aromatic carbocycles. The molecule has 0 atom stereocenters. The molecule has 0 unspecified atom stereocenters. The topological polar surface area (TPSA) is 67.2 Å². The van der Waals surface area contributed by atoms with E-state index < -0.39 is 0 Å². The second-order valence-electron chi connectivity index (χ2n) is 6.00. The molecule has 26 heavy (non-hydrogen) atoms. The molecule has 0 radical (unpaired) electrons. The van der Waals surface area contributed by atoms with Gasteiger partial charge in [-0.1, -0.05) is 12.1 Å². The number of benzene rings is 1. The molecule has 1 aliphatic heterocycles. The van der Waals surface area contributed by atoms with Gasteiger partial charge in [0.15, 0.2) is 4.96 Å². The van der Waals surface area contributed by atoms with Crippen LogP contribution < -0.4 is 4.74 Å². The molecule has 0 N–H and O–H groups in total. The van der Waals surface area contributed by atoms with Crippen LogP contribution in [0.25, 0.3) is 4.96 Å². The Morgan fingerprint density at radius 1 is 1.08 bits per heavy atom. The van der Waals surface area contributed by atoms with E-state index in [9.17, 15) is 9.59 Å². The van der Waals surface area contributed by atoms with Crippen molar-refractivity contribution in [3.63, 3.8) is 0 Å². The van der Waals surface area contributed by atoms with Crippen LogP contribution in [-0.4, -0.2) is 64.3 Å². The summed E-state index contributed by atoms with van der Waals surface area (Å²) in [6.07, 6.45) is 3.63. The van der Waals surface area contributed by atoms with Crippen molar-refractivity contribution in [3.05, 3.63) is 53.3 Å². The SMILES string of the molecule is COc1ccccc1C(=O)N1CCN(C(=O)c2cn3ccsc3n2)CC1. The van der Waals surface area contributed by atoms with Crippen molar-refractivity contribution in [3.8, 4) is 5.75 Å². The number of hydrogen-bond donors (Lipinski definition) is 0. The van der Waals surface area contributed by atoms with Gasteiger partial charge in [0.1, 0.15) is 11.4 Å². The molecule has 3 heterocycles. The van der Waals surface area contributed by atoms with Gasteiger partial charge in [0.05, 0.1) is 12.7 Å². The fourth-order valence-electron chi connectivity index (χ4n) is 3.10. The molecular formula is C18H18N4O3S. The van der Waals surface area contributed by atoms with E-state index in [4.69, 9.17) is 4.74 Å². The van der Waals surface area contributed by atoms with Crippen LogP contribution in [0.1, 0.15) is 20.8 Å². The highest BCUT2D eigenvalue weighted by Gasteiger charge is 2.27. The fourth-order valence-corrected chi connectivity index (χ4v) is 3.80. The van der Waals surface area contributed by atoms with Gasteiger partial charge >= 0.3 is 0 Å².